The Hall–Kier alpha value is -3.35. The maximum atomic E-state index is 14.0. The zero-order valence-corrected chi connectivity index (χ0v) is 21.2. The minimum atomic E-state index is -0.182. The number of thiophene rings is 1. The van der Waals surface area contributed by atoms with Crippen molar-refractivity contribution in [2.45, 2.75) is 39.4 Å². The molecule has 35 heavy (non-hydrogen) atoms. The lowest BCUT2D eigenvalue weighted by Gasteiger charge is -2.32. The van der Waals surface area contributed by atoms with Gasteiger partial charge in [0.25, 0.3) is 0 Å². The summed E-state index contributed by atoms with van der Waals surface area (Å²) >= 11 is 1.88. The predicted octanol–water partition coefficient (Wildman–Crippen LogP) is 6.28. The van der Waals surface area contributed by atoms with E-state index in [0.29, 0.717) is 6.54 Å². The van der Waals surface area contributed by atoms with Gasteiger partial charge in [-0.1, -0.05) is 48.0 Å². The van der Waals surface area contributed by atoms with Gasteiger partial charge in [-0.05, 0) is 62.2 Å². The molecule has 0 radical (unpaired) electrons. The monoisotopic (exact) mass is 482 g/mol. The number of benzene rings is 2. The van der Waals surface area contributed by atoms with Crippen molar-refractivity contribution in [3.8, 4) is 5.00 Å². The average molecular weight is 483 g/mol. The van der Waals surface area contributed by atoms with Gasteiger partial charge in [0.1, 0.15) is 5.00 Å². The van der Waals surface area contributed by atoms with Gasteiger partial charge in [0.15, 0.2) is 0 Å². The van der Waals surface area contributed by atoms with Gasteiger partial charge in [0, 0.05) is 35.4 Å². The molecule has 0 aliphatic carbocycles. The first-order chi connectivity index (χ1) is 17.0. The maximum absolute atomic E-state index is 14.0. The molecule has 4 heterocycles. The Balaban J connectivity index is 1.49. The molecule has 178 valence electrons. The zero-order chi connectivity index (χ0) is 24.1. The number of carbonyl (C=O) groups excluding carboxylic acids is 1. The summed E-state index contributed by atoms with van der Waals surface area (Å²) < 4.78 is 2.32. The van der Waals surface area contributed by atoms with Crippen LogP contribution in [0.15, 0.2) is 66.9 Å². The van der Waals surface area contributed by atoms with Crippen LogP contribution in [0.1, 0.15) is 44.4 Å². The second kappa shape index (κ2) is 8.70. The van der Waals surface area contributed by atoms with Crippen molar-refractivity contribution in [2.75, 3.05) is 18.9 Å². The number of amides is 2. The van der Waals surface area contributed by atoms with Crippen LogP contribution < -0.4 is 5.32 Å². The van der Waals surface area contributed by atoms with Crippen LogP contribution in [-0.2, 0) is 19.5 Å². The predicted molar refractivity (Wildman–Crippen MR) is 142 cm³/mol. The van der Waals surface area contributed by atoms with Crippen LogP contribution >= 0.6 is 11.3 Å². The summed E-state index contributed by atoms with van der Waals surface area (Å²) in [5, 5.41) is 4.50. The Labute approximate surface area is 210 Å². The Morgan fingerprint density at radius 1 is 1.00 bits per heavy atom. The SMILES string of the molecule is Cc1ccc(NC(=O)N2Cc3c(sc4c3CCN(C)C4)-n3cccc3[C@@H]2c2ccccc2)c(C)c1. The fourth-order valence-electron chi connectivity index (χ4n) is 5.48. The highest BCUT2D eigenvalue weighted by atomic mass is 32.1. The normalized spacial score (nSPS) is 17.3. The van der Waals surface area contributed by atoms with E-state index in [9.17, 15) is 4.79 Å². The summed E-state index contributed by atoms with van der Waals surface area (Å²) in [4.78, 5) is 19.9. The van der Waals surface area contributed by atoms with E-state index in [1.54, 1.807) is 0 Å². The molecule has 0 unspecified atom stereocenters. The van der Waals surface area contributed by atoms with E-state index in [1.807, 2.05) is 28.4 Å². The first-order valence-corrected chi connectivity index (χ1v) is 13.0. The lowest BCUT2D eigenvalue weighted by atomic mass is 10.0. The molecule has 1 atom stereocenters. The fourth-order valence-corrected chi connectivity index (χ4v) is 6.92. The standard InChI is InChI=1S/C29H30N4OS/c1-19-11-12-24(20(2)16-19)30-29(34)33-17-23-22-13-15-31(3)18-26(22)35-28(23)32-14-7-10-25(32)27(33)21-8-5-4-6-9-21/h4-12,14,16,27H,13,15,17-18H2,1-3H3,(H,30,34)/t27-/m0/s1. The summed E-state index contributed by atoms with van der Waals surface area (Å²) in [5.41, 5.74) is 8.09. The molecule has 1 N–H and O–H groups in total. The van der Waals surface area contributed by atoms with Crippen molar-refractivity contribution in [3.63, 3.8) is 0 Å². The van der Waals surface area contributed by atoms with E-state index < -0.39 is 0 Å². The smallest absolute Gasteiger partial charge is 0.310 e. The Morgan fingerprint density at radius 3 is 2.63 bits per heavy atom. The number of rotatable bonds is 2. The number of hydrogen-bond donors (Lipinski definition) is 1. The number of nitrogens with one attached hydrogen (secondary N) is 1. The molecule has 4 aromatic rings. The third kappa shape index (κ3) is 3.87. The van der Waals surface area contributed by atoms with Gasteiger partial charge in [-0.15, -0.1) is 11.3 Å². The first-order valence-electron chi connectivity index (χ1n) is 12.2. The van der Waals surface area contributed by atoms with Gasteiger partial charge in [0.05, 0.1) is 18.3 Å². The summed E-state index contributed by atoms with van der Waals surface area (Å²) in [6.45, 7) is 6.73. The minimum Gasteiger partial charge on any atom is -0.310 e. The number of nitrogens with zero attached hydrogens (tertiary/aromatic N) is 3. The maximum Gasteiger partial charge on any atom is 0.322 e. The van der Waals surface area contributed by atoms with Crippen LogP contribution in [-0.4, -0.2) is 34.0 Å². The quantitative estimate of drug-likeness (QED) is 0.365. The van der Waals surface area contributed by atoms with E-state index in [-0.39, 0.29) is 12.1 Å². The molecule has 0 saturated heterocycles. The highest BCUT2D eigenvalue weighted by Crippen LogP contribution is 2.43. The largest absolute Gasteiger partial charge is 0.322 e. The number of aromatic nitrogens is 1. The molecule has 0 spiro atoms. The lowest BCUT2D eigenvalue weighted by molar-refractivity contribution is 0.194. The van der Waals surface area contributed by atoms with Crippen molar-refractivity contribution in [1.82, 2.24) is 14.4 Å². The van der Waals surface area contributed by atoms with E-state index in [4.69, 9.17) is 0 Å². The molecule has 2 amide bonds. The fraction of sp³-hybridized carbons (Fsp3) is 0.276. The van der Waals surface area contributed by atoms with Gasteiger partial charge >= 0.3 is 6.03 Å². The van der Waals surface area contributed by atoms with Gasteiger partial charge < -0.3 is 19.7 Å². The van der Waals surface area contributed by atoms with Crippen molar-refractivity contribution in [2.24, 2.45) is 0 Å². The number of anilines is 1. The van der Waals surface area contributed by atoms with Gasteiger partial charge in [-0.3, -0.25) is 0 Å². The Bertz CT molecular complexity index is 1400. The van der Waals surface area contributed by atoms with E-state index in [2.05, 4.69) is 90.4 Å². The van der Waals surface area contributed by atoms with Crippen LogP contribution in [0.2, 0.25) is 0 Å². The van der Waals surface area contributed by atoms with Crippen molar-refractivity contribution in [3.05, 3.63) is 105 Å². The zero-order valence-electron chi connectivity index (χ0n) is 20.4. The van der Waals surface area contributed by atoms with Crippen LogP contribution in [0.4, 0.5) is 10.5 Å². The third-order valence-electron chi connectivity index (χ3n) is 7.26. The number of likely N-dealkylation sites (N-methyl/N-ethyl adjacent to an activating group) is 1. The Morgan fingerprint density at radius 2 is 1.83 bits per heavy atom. The average Bonchev–Trinajstić information content (AvgIpc) is 3.42. The van der Waals surface area contributed by atoms with E-state index in [1.165, 1.54) is 26.6 Å². The molecule has 5 nitrogen and oxygen atoms in total. The highest BCUT2D eigenvalue weighted by Gasteiger charge is 2.36. The topological polar surface area (TPSA) is 40.5 Å². The molecule has 2 aromatic heterocycles. The molecule has 6 rings (SSSR count). The second-order valence-corrected chi connectivity index (χ2v) is 10.9. The van der Waals surface area contributed by atoms with Gasteiger partial charge in [0.2, 0.25) is 0 Å². The van der Waals surface area contributed by atoms with Crippen molar-refractivity contribution < 1.29 is 4.79 Å². The molecule has 2 aliphatic heterocycles. The van der Waals surface area contributed by atoms with Crippen LogP contribution in [0.5, 0.6) is 0 Å². The minimum absolute atomic E-state index is 0.0701. The molecule has 0 fully saturated rings. The van der Waals surface area contributed by atoms with Crippen LogP contribution in [0, 0.1) is 13.8 Å². The van der Waals surface area contributed by atoms with Crippen molar-refractivity contribution >= 4 is 23.1 Å². The van der Waals surface area contributed by atoms with Crippen LogP contribution in [0.25, 0.3) is 5.00 Å². The number of fused-ring (bicyclic) bond motifs is 5. The molecule has 2 aromatic carbocycles. The van der Waals surface area contributed by atoms with Crippen LogP contribution in [0.3, 0.4) is 0 Å². The molecule has 0 bridgehead atoms. The Kier molecular flexibility index (Phi) is 5.50. The molecule has 2 aliphatic rings. The molecule has 6 heteroatoms. The van der Waals surface area contributed by atoms with E-state index >= 15 is 0 Å². The van der Waals surface area contributed by atoms with Gasteiger partial charge in [-0.2, -0.15) is 0 Å². The van der Waals surface area contributed by atoms with Gasteiger partial charge in [-0.25, -0.2) is 4.79 Å². The third-order valence-corrected chi connectivity index (χ3v) is 8.51. The molecular formula is C29H30N4OS. The van der Waals surface area contributed by atoms with E-state index in [0.717, 1.165) is 42.0 Å². The van der Waals surface area contributed by atoms with Crippen molar-refractivity contribution in [1.29, 1.82) is 0 Å². The molecular weight excluding hydrogens is 452 g/mol. The summed E-state index contributed by atoms with van der Waals surface area (Å²) in [6.07, 6.45) is 3.18. The second-order valence-electron chi connectivity index (χ2n) is 9.77. The summed E-state index contributed by atoms with van der Waals surface area (Å²) in [6, 6.07) is 20.6. The number of urea groups is 1. The summed E-state index contributed by atoms with van der Waals surface area (Å²) in [7, 11) is 2.18. The highest BCUT2D eigenvalue weighted by molar-refractivity contribution is 7.15. The number of aryl methyl sites for hydroxylation is 2. The molecule has 0 saturated carbocycles. The first kappa shape index (κ1) is 22.1. The summed E-state index contributed by atoms with van der Waals surface area (Å²) in [5.74, 6) is 0. The number of carbonyl (C=O) groups is 1. The lowest BCUT2D eigenvalue weighted by Crippen LogP contribution is -2.38. The number of hydrogen-bond acceptors (Lipinski definition) is 3.